The van der Waals surface area contributed by atoms with Gasteiger partial charge in [-0.1, -0.05) is 291 Å². The number of hydrogen-bond acceptors (Lipinski definition) is 15. The second-order valence-electron chi connectivity index (χ2n) is 24.7. The van der Waals surface area contributed by atoms with Crippen LogP contribution in [-0.2, 0) is 65.4 Å². The lowest BCUT2D eigenvalue weighted by Crippen LogP contribution is -2.30. The first kappa shape index (κ1) is 84.1. The number of rotatable bonds is 67. The highest BCUT2D eigenvalue weighted by atomic mass is 31.2. The van der Waals surface area contributed by atoms with Gasteiger partial charge in [0.25, 0.3) is 0 Å². The lowest BCUT2D eigenvalue weighted by molar-refractivity contribution is -0.161. The number of carbonyl (C=O) groups is 4. The molecule has 5 atom stereocenters. The first-order chi connectivity index (χ1) is 41.5. The minimum absolute atomic E-state index is 0.106. The zero-order valence-corrected chi connectivity index (χ0v) is 57.2. The normalized spacial score (nSPS) is 14.2. The van der Waals surface area contributed by atoms with E-state index in [1.165, 1.54) is 161 Å². The van der Waals surface area contributed by atoms with Crippen LogP contribution in [0.2, 0.25) is 0 Å². The third-order valence-electron chi connectivity index (χ3n) is 15.5. The number of aliphatic hydroxyl groups is 1. The standard InChI is InChI=1S/C67H130O17P2/c1-6-9-12-15-17-19-21-29-33-36-41-46-51-65(70)78-57-63(84-67(72)53-48-43-38-34-30-27-25-23-22-24-26-28-31-35-40-44-49-60(4)5)59-82-86(75,76)80-55-61(68)54-79-85(73,74)81-58-62(56-77-64(69)50-45-39-14-11-8-3)83-66(71)52-47-42-37-32-20-18-16-13-10-7-2/h60-63,68H,6-59H2,1-5H3,(H,73,74)(H,75,76)/t61-,62+,63+/m0/s1. The smallest absolute Gasteiger partial charge is 0.462 e. The molecule has 0 aromatic carbocycles. The van der Waals surface area contributed by atoms with Crippen LogP contribution >= 0.6 is 15.6 Å². The van der Waals surface area contributed by atoms with E-state index in [4.69, 9.17) is 37.0 Å². The number of ether oxygens (including phenoxy) is 4. The van der Waals surface area contributed by atoms with E-state index in [-0.39, 0.29) is 25.7 Å². The molecule has 19 heteroatoms. The average Bonchev–Trinajstić information content (AvgIpc) is 3.59. The van der Waals surface area contributed by atoms with Crippen molar-refractivity contribution < 1.29 is 80.2 Å². The summed E-state index contributed by atoms with van der Waals surface area (Å²) in [5.74, 6) is -1.33. The highest BCUT2D eigenvalue weighted by Gasteiger charge is 2.30. The van der Waals surface area contributed by atoms with Crippen LogP contribution in [0.3, 0.4) is 0 Å². The zero-order chi connectivity index (χ0) is 63.5. The molecule has 0 radical (unpaired) electrons. The summed E-state index contributed by atoms with van der Waals surface area (Å²) in [4.78, 5) is 72.1. The van der Waals surface area contributed by atoms with Crippen LogP contribution in [0, 0.1) is 5.92 Å². The fraction of sp³-hybridized carbons (Fsp3) is 0.940. The molecule has 0 aromatic heterocycles. The number of aliphatic hydroxyl groups excluding tert-OH is 1. The third kappa shape index (κ3) is 60.9. The van der Waals surface area contributed by atoms with Crippen LogP contribution in [0.5, 0.6) is 0 Å². The molecule has 510 valence electrons. The summed E-state index contributed by atoms with van der Waals surface area (Å²) < 4.78 is 67.9. The maximum atomic E-state index is 13.0. The van der Waals surface area contributed by atoms with Crippen molar-refractivity contribution in [2.24, 2.45) is 5.92 Å². The molecule has 0 saturated heterocycles. The molecule has 86 heavy (non-hydrogen) atoms. The van der Waals surface area contributed by atoms with Gasteiger partial charge in [0.05, 0.1) is 26.4 Å². The summed E-state index contributed by atoms with van der Waals surface area (Å²) in [7, 11) is -9.88. The number of phosphoric acid groups is 2. The van der Waals surface area contributed by atoms with Gasteiger partial charge in [0.1, 0.15) is 19.3 Å². The SMILES string of the molecule is CCCCCCCCCCCCCCC(=O)OC[C@H](COP(=O)(O)OC[C@@H](O)COP(=O)(O)OC[C@@H](COC(=O)CCCCCCC)OC(=O)CCCCCCCCCCCC)OC(=O)CCCCCCCCCCCCCCCCCCC(C)C. The Kier molecular flexibility index (Phi) is 59.2. The summed E-state index contributed by atoms with van der Waals surface area (Å²) >= 11 is 0. The molecule has 0 aliphatic rings. The molecule has 0 aliphatic carbocycles. The van der Waals surface area contributed by atoms with Crippen LogP contribution in [0.25, 0.3) is 0 Å². The molecule has 0 fully saturated rings. The van der Waals surface area contributed by atoms with Crippen molar-refractivity contribution in [1.82, 2.24) is 0 Å². The van der Waals surface area contributed by atoms with E-state index in [2.05, 4.69) is 34.6 Å². The van der Waals surface area contributed by atoms with Gasteiger partial charge in [-0.15, -0.1) is 0 Å². The minimum atomic E-state index is -4.95. The van der Waals surface area contributed by atoms with Crippen LogP contribution in [0.15, 0.2) is 0 Å². The molecular formula is C67H130O17P2. The van der Waals surface area contributed by atoms with Crippen LogP contribution in [-0.4, -0.2) is 96.7 Å². The average molecular weight is 1270 g/mol. The van der Waals surface area contributed by atoms with E-state index in [0.29, 0.717) is 25.7 Å². The number of carbonyl (C=O) groups excluding carboxylic acids is 4. The van der Waals surface area contributed by atoms with Crippen molar-refractivity contribution in [3.8, 4) is 0 Å². The molecular weight excluding hydrogens is 1140 g/mol. The van der Waals surface area contributed by atoms with E-state index < -0.39 is 97.5 Å². The van der Waals surface area contributed by atoms with E-state index in [0.717, 1.165) is 102 Å². The lowest BCUT2D eigenvalue weighted by atomic mass is 10.0. The fourth-order valence-electron chi connectivity index (χ4n) is 10.1. The zero-order valence-electron chi connectivity index (χ0n) is 55.4. The highest BCUT2D eigenvalue weighted by molar-refractivity contribution is 7.47. The van der Waals surface area contributed by atoms with Crippen molar-refractivity contribution >= 4 is 39.5 Å². The van der Waals surface area contributed by atoms with Crippen molar-refractivity contribution in [1.29, 1.82) is 0 Å². The Morgan fingerprint density at radius 2 is 0.535 bits per heavy atom. The molecule has 0 rings (SSSR count). The first-order valence-electron chi connectivity index (χ1n) is 35.1. The molecule has 0 heterocycles. The monoisotopic (exact) mass is 1270 g/mol. The summed E-state index contributed by atoms with van der Waals surface area (Å²) in [6.45, 7) is 7.16. The second kappa shape index (κ2) is 60.6. The Morgan fingerprint density at radius 1 is 0.314 bits per heavy atom. The molecule has 0 saturated carbocycles. The van der Waals surface area contributed by atoms with Crippen molar-refractivity contribution in [3.05, 3.63) is 0 Å². The Balaban J connectivity index is 5.13. The number of unbranched alkanes of at least 4 members (excludes halogenated alkanes) is 39. The van der Waals surface area contributed by atoms with Crippen molar-refractivity contribution in [2.45, 2.75) is 361 Å². The van der Waals surface area contributed by atoms with E-state index >= 15 is 0 Å². The van der Waals surface area contributed by atoms with Gasteiger partial charge in [0, 0.05) is 25.7 Å². The summed E-state index contributed by atoms with van der Waals surface area (Å²) in [5.41, 5.74) is 0. The molecule has 0 bridgehead atoms. The van der Waals surface area contributed by atoms with Gasteiger partial charge in [-0.3, -0.25) is 37.3 Å². The van der Waals surface area contributed by atoms with E-state index in [9.17, 15) is 43.2 Å². The topological polar surface area (TPSA) is 237 Å². The van der Waals surface area contributed by atoms with Gasteiger partial charge < -0.3 is 33.8 Å². The quantitative estimate of drug-likeness (QED) is 0.0222. The van der Waals surface area contributed by atoms with Gasteiger partial charge >= 0.3 is 39.5 Å². The Bertz CT molecular complexity index is 1670. The van der Waals surface area contributed by atoms with E-state index in [1.54, 1.807) is 0 Å². The maximum Gasteiger partial charge on any atom is 0.472 e. The van der Waals surface area contributed by atoms with Gasteiger partial charge in [-0.2, -0.15) is 0 Å². The molecule has 0 aromatic rings. The number of esters is 4. The Hall–Kier alpha value is -1.94. The molecule has 0 spiro atoms. The molecule has 17 nitrogen and oxygen atoms in total. The van der Waals surface area contributed by atoms with E-state index in [1.807, 2.05) is 0 Å². The number of hydrogen-bond donors (Lipinski definition) is 3. The Labute approximate surface area is 524 Å². The van der Waals surface area contributed by atoms with Crippen LogP contribution < -0.4 is 0 Å². The largest absolute Gasteiger partial charge is 0.472 e. The predicted octanol–water partition coefficient (Wildman–Crippen LogP) is 19.0. The highest BCUT2D eigenvalue weighted by Crippen LogP contribution is 2.45. The van der Waals surface area contributed by atoms with Crippen molar-refractivity contribution in [2.75, 3.05) is 39.6 Å². The third-order valence-corrected chi connectivity index (χ3v) is 17.4. The van der Waals surface area contributed by atoms with Crippen LogP contribution in [0.1, 0.15) is 343 Å². The van der Waals surface area contributed by atoms with Crippen LogP contribution in [0.4, 0.5) is 0 Å². The minimum Gasteiger partial charge on any atom is -0.462 e. The van der Waals surface area contributed by atoms with Gasteiger partial charge in [0.15, 0.2) is 12.2 Å². The first-order valence-corrected chi connectivity index (χ1v) is 38.1. The second-order valence-corrected chi connectivity index (χ2v) is 27.6. The van der Waals surface area contributed by atoms with Gasteiger partial charge in [-0.05, 0) is 31.6 Å². The maximum absolute atomic E-state index is 13.0. The van der Waals surface area contributed by atoms with Crippen molar-refractivity contribution in [3.63, 3.8) is 0 Å². The fourth-order valence-corrected chi connectivity index (χ4v) is 11.7. The molecule has 3 N–H and O–H groups in total. The summed E-state index contributed by atoms with van der Waals surface area (Å²) in [5, 5.41) is 10.5. The molecule has 0 amide bonds. The Morgan fingerprint density at radius 3 is 0.791 bits per heavy atom. The summed E-state index contributed by atoms with van der Waals surface area (Å²) in [6.07, 6.45) is 46.2. The molecule has 0 aliphatic heterocycles. The van der Waals surface area contributed by atoms with Gasteiger partial charge in [0.2, 0.25) is 0 Å². The van der Waals surface area contributed by atoms with Gasteiger partial charge in [-0.25, -0.2) is 9.13 Å². The molecule has 2 unspecified atom stereocenters. The lowest BCUT2D eigenvalue weighted by Gasteiger charge is -2.21. The predicted molar refractivity (Wildman–Crippen MR) is 345 cm³/mol. The summed E-state index contributed by atoms with van der Waals surface area (Å²) in [6, 6.07) is 0. The number of phosphoric ester groups is 2.